The van der Waals surface area contributed by atoms with E-state index in [-0.39, 0.29) is 18.9 Å². The predicted octanol–water partition coefficient (Wildman–Crippen LogP) is 3.46. The third-order valence-corrected chi connectivity index (χ3v) is 5.59. The molecule has 6 nitrogen and oxygen atoms in total. The molecule has 1 aromatic carbocycles. The Bertz CT molecular complexity index is 1010. The standard InChI is InChI=1S/C20H18N2O4S/c1-12-6-7-17(26-12)19-21-14(11-27-19)8-18(23)22-9-13-4-2-3-5-15(13)16(10-22)20(24)25/h2-7,11,16H,8-10H2,1H3,(H,24,25). The number of benzene rings is 1. The predicted molar refractivity (Wildman–Crippen MR) is 100 cm³/mol. The molecule has 0 saturated carbocycles. The van der Waals surface area contributed by atoms with Crippen molar-refractivity contribution in [3.63, 3.8) is 0 Å². The first-order chi connectivity index (χ1) is 13.0. The number of fused-ring (bicyclic) bond motifs is 1. The molecule has 3 aromatic rings. The molecule has 1 aliphatic rings. The lowest BCUT2D eigenvalue weighted by Gasteiger charge is -2.32. The number of carboxylic acid groups (broad SMARTS) is 1. The second kappa shape index (κ2) is 7.00. The van der Waals surface area contributed by atoms with E-state index in [0.717, 1.165) is 21.9 Å². The molecule has 1 unspecified atom stereocenters. The Balaban J connectivity index is 1.50. The Labute approximate surface area is 160 Å². The van der Waals surface area contributed by atoms with Gasteiger partial charge in [0, 0.05) is 18.5 Å². The molecule has 0 spiro atoms. The summed E-state index contributed by atoms with van der Waals surface area (Å²) in [6.07, 6.45) is 0.144. The summed E-state index contributed by atoms with van der Waals surface area (Å²) in [5.41, 5.74) is 2.34. The number of hydrogen-bond donors (Lipinski definition) is 1. The van der Waals surface area contributed by atoms with E-state index < -0.39 is 11.9 Å². The number of carbonyl (C=O) groups is 2. The molecule has 27 heavy (non-hydrogen) atoms. The smallest absolute Gasteiger partial charge is 0.312 e. The molecule has 4 rings (SSSR count). The Morgan fingerprint density at radius 3 is 2.85 bits per heavy atom. The van der Waals surface area contributed by atoms with Crippen LogP contribution in [0, 0.1) is 6.92 Å². The van der Waals surface area contributed by atoms with Crippen LogP contribution in [0.25, 0.3) is 10.8 Å². The Morgan fingerprint density at radius 2 is 2.11 bits per heavy atom. The van der Waals surface area contributed by atoms with Crippen molar-refractivity contribution in [2.24, 2.45) is 0 Å². The van der Waals surface area contributed by atoms with E-state index in [0.29, 0.717) is 18.0 Å². The van der Waals surface area contributed by atoms with E-state index in [1.807, 2.05) is 48.7 Å². The third kappa shape index (κ3) is 3.50. The van der Waals surface area contributed by atoms with Crippen LogP contribution in [-0.4, -0.2) is 33.4 Å². The van der Waals surface area contributed by atoms with Crippen molar-refractivity contribution >= 4 is 23.2 Å². The summed E-state index contributed by atoms with van der Waals surface area (Å²) in [5, 5.41) is 12.1. The Hall–Kier alpha value is -2.93. The van der Waals surface area contributed by atoms with Crippen LogP contribution in [0.3, 0.4) is 0 Å². The van der Waals surface area contributed by atoms with Gasteiger partial charge in [0.1, 0.15) is 5.76 Å². The minimum atomic E-state index is -0.913. The van der Waals surface area contributed by atoms with Crippen molar-refractivity contribution in [3.05, 3.63) is 64.4 Å². The summed E-state index contributed by atoms with van der Waals surface area (Å²) < 4.78 is 5.57. The number of aryl methyl sites for hydroxylation is 1. The molecule has 138 valence electrons. The molecule has 2 aromatic heterocycles. The third-order valence-electron chi connectivity index (χ3n) is 4.68. The van der Waals surface area contributed by atoms with Crippen molar-refractivity contribution in [1.29, 1.82) is 0 Å². The summed E-state index contributed by atoms with van der Waals surface area (Å²) in [7, 11) is 0. The van der Waals surface area contributed by atoms with Gasteiger partial charge in [0.05, 0.1) is 18.0 Å². The Morgan fingerprint density at radius 1 is 1.30 bits per heavy atom. The number of hydrogen-bond acceptors (Lipinski definition) is 5. The zero-order valence-electron chi connectivity index (χ0n) is 14.7. The van der Waals surface area contributed by atoms with E-state index in [4.69, 9.17) is 4.42 Å². The van der Waals surface area contributed by atoms with Crippen LogP contribution in [-0.2, 0) is 22.6 Å². The van der Waals surface area contributed by atoms with Crippen molar-refractivity contribution in [1.82, 2.24) is 9.88 Å². The van der Waals surface area contributed by atoms with Gasteiger partial charge in [-0.15, -0.1) is 11.3 Å². The van der Waals surface area contributed by atoms with Crippen molar-refractivity contribution in [3.8, 4) is 10.8 Å². The lowest BCUT2D eigenvalue weighted by molar-refractivity contribution is -0.141. The summed E-state index contributed by atoms with van der Waals surface area (Å²) in [5.74, 6) is -0.234. The molecule has 1 atom stereocenters. The monoisotopic (exact) mass is 382 g/mol. The van der Waals surface area contributed by atoms with Crippen LogP contribution in [0.4, 0.5) is 0 Å². The summed E-state index contributed by atoms with van der Waals surface area (Å²) >= 11 is 1.43. The zero-order valence-corrected chi connectivity index (χ0v) is 15.5. The maximum atomic E-state index is 12.8. The number of aromatic nitrogens is 1. The van der Waals surface area contributed by atoms with Crippen LogP contribution >= 0.6 is 11.3 Å². The first-order valence-electron chi connectivity index (χ1n) is 8.61. The molecule has 7 heteroatoms. The summed E-state index contributed by atoms with van der Waals surface area (Å²) in [6.45, 7) is 2.47. The lowest BCUT2D eigenvalue weighted by atomic mass is 9.89. The van der Waals surface area contributed by atoms with Gasteiger partial charge in [-0.05, 0) is 30.2 Å². The van der Waals surface area contributed by atoms with Gasteiger partial charge >= 0.3 is 5.97 Å². The lowest BCUT2D eigenvalue weighted by Crippen LogP contribution is -2.41. The fourth-order valence-electron chi connectivity index (χ4n) is 3.33. The van der Waals surface area contributed by atoms with Crippen molar-refractivity contribution < 1.29 is 19.1 Å². The number of carboxylic acids is 1. The van der Waals surface area contributed by atoms with E-state index in [2.05, 4.69) is 4.98 Å². The van der Waals surface area contributed by atoms with Gasteiger partial charge in [0.2, 0.25) is 5.91 Å². The summed E-state index contributed by atoms with van der Waals surface area (Å²) in [6, 6.07) is 11.1. The van der Waals surface area contributed by atoms with Crippen LogP contribution < -0.4 is 0 Å². The molecule has 0 saturated heterocycles. The van der Waals surface area contributed by atoms with Crippen LogP contribution in [0.15, 0.2) is 46.2 Å². The molecule has 1 aliphatic heterocycles. The van der Waals surface area contributed by atoms with Gasteiger partial charge < -0.3 is 14.4 Å². The van der Waals surface area contributed by atoms with Crippen molar-refractivity contribution in [2.75, 3.05) is 6.54 Å². The molecule has 0 bridgehead atoms. The second-order valence-corrected chi connectivity index (χ2v) is 7.45. The zero-order chi connectivity index (χ0) is 19.0. The van der Waals surface area contributed by atoms with E-state index in [1.165, 1.54) is 11.3 Å². The molecule has 1 N–H and O–H groups in total. The number of nitrogens with zero attached hydrogens (tertiary/aromatic N) is 2. The molecule has 0 aliphatic carbocycles. The fraction of sp³-hybridized carbons (Fsp3) is 0.250. The van der Waals surface area contributed by atoms with Gasteiger partial charge in [-0.2, -0.15) is 0 Å². The quantitative estimate of drug-likeness (QED) is 0.747. The number of rotatable bonds is 4. The highest BCUT2D eigenvalue weighted by Crippen LogP contribution is 2.30. The highest BCUT2D eigenvalue weighted by Gasteiger charge is 2.32. The van der Waals surface area contributed by atoms with Gasteiger partial charge in [-0.25, -0.2) is 4.98 Å². The SMILES string of the molecule is Cc1ccc(-c2nc(CC(=O)N3Cc4ccccc4C(C(=O)O)C3)cs2)o1. The average molecular weight is 382 g/mol. The first kappa shape index (κ1) is 17.5. The van der Waals surface area contributed by atoms with E-state index in [9.17, 15) is 14.7 Å². The maximum absolute atomic E-state index is 12.8. The van der Waals surface area contributed by atoms with E-state index in [1.54, 1.807) is 4.90 Å². The van der Waals surface area contributed by atoms with Gasteiger partial charge in [-0.3, -0.25) is 9.59 Å². The summed E-state index contributed by atoms with van der Waals surface area (Å²) in [4.78, 5) is 30.5. The normalized spacial score (nSPS) is 16.2. The largest absolute Gasteiger partial charge is 0.481 e. The van der Waals surface area contributed by atoms with Crippen molar-refractivity contribution in [2.45, 2.75) is 25.8 Å². The number of furan rings is 1. The molecule has 0 fully saturated rings. The van der Waals surface area contributed by atoms with E-state index >= 15 is 0 Å². The average Bonchev–Trinajstić information content (AvgIpc) is 3.29. The number of thiazole rings is 1. The maximum Gasteiger partial charge on any atom is 0.312 e. The highest BCUT2D eigenvalue weighted by molar-refractivity contribution is 7.13. The second-order valence-electron chi connectivity index (χ2n) is 6.59. The van der Waals surface area contributed by atoms with Crippen LogP contribution in [0.5, 0.6) is 0 Å². The number of carbonyl (C=O) groups excluding carboxylic acids is 1. The molecular formula is C20H18N2O4S. The molecule has 3 heterocycles. The van der Waals surface area contributed by atoms with Crippen LogP contribution in [0.2, 0.25) is 0 Å². The van der Waals surface area contributed by atoms with Gasteiger partial charge in [-0.1, -0.05) is 24.3 Å². The topological polar surface area (TPSA) is 83.6 Å². The Kier molecular flexibility index (Phi) is 4.53. The van der Waals surface area contributed by atoms with Gasteiger partial charge in [0.25, 0.3) is 0 Å². The fourth-order valence-corrected chi connectivity index (χ4v) is 4.11. The minimum absolute atomic E-state index is 0.122. The molecular weight excluding hydrogens is 364 g/mol. The first-order valence-corrected chi connectivity index (χ1v) is 9.49. The van der Waals surface area contributed by atoms with Crippen LogP contribution in [0.1, 0.15) is 28.5 Å². The molecule has 0 radical (unpaired) electrons. The number of amides is 1. The number of aliphatic carboxylic acids is 1. The minimum Gasteiger partial charge on any atom is -0.481 e. The molecule has 1 amide bonds. The highest BCUT2D eigenvalue weighted by atomic mass is 32.1. The van der Waals surface area contributed by atoms with Gasteiger partial charge in [0.15, 0.2) is 10.8 Å².